The van der Waals surface area contributed by atoms with Gasteiger partial charge < -0.3 is 5.32 Å². The van der Waals surface area contributed by atoms with Crippen LogP contribution in [0, 0.1) is 17.5 Å². The average molecular weight is 445 g/mol. The van der Waals surface area contributed by atoms with Gasteiger partial charge in [-0.25, -0.2) is 18.2 Å². The van der Waals surface area contributed by atoms with E-state index in [1.807, 2.05) is 17.5 Å². The van der Waals surface area contributed by atoms with Crippen LogP contribution in [0.2, 0.25) is 5.02 Å². The lowest BCUT2D eigenvalue weighted by atomic mass is 10.1. The number of rotatable bonds is 4. The highest BCUT2D eigenvalue weighted by atomic mass is 35.5. The molecule has 0 radical (unpaired) electrons. The first-order valence-electron chi connectivity index (χ1n) is 8.69. The molecule has 0 unspecified atom stereocenters. The molecule has 8 heteroatoms. The van der Waals surface area contributed by atoms with E-state index in [4.69, 9.17) is 11.6 Å². The molecule has 1 amide bonds. The van der Waals surface area contributed by atoms with E-state index in [0.29, 0.717) is 16.8 Å². The minimum Gasteiger partial charge on any atom is -0.322 e. The number of hydrogen-bond acceptors (Lipinski definition) is 3. The number of carbonyl (C=O) groups excluding carboxylic acids is 1. The lowest BCUT2D eigenvalue weighted by Gasteiger charge is -2.07. The summed E-state index contributed by atoms with van der Waals surface area (Å²) in [6, 6.07) is 15.7. The van der Waals surface area contributed by atoms with Crippen LogP contribution in [0.1, 0.15) is 10.4 Å². The molecule has 4 rings (SSSR count). The van der Waals surface area contributed by atoms with Crippen LogP contribution in [0.3, 0.4) is 0 Å². The van der Waals surface area contributed by atoms with E-state index in [0.717, 1.165) is 27.9 Å². The third kappa shape index (κ3) is 4.08. The summed E-state index contributed by atoms with van der Waals surface area (Å²) in [7, 11) is 0. The predicted molar refractivity (Wildman–Crippen MR) is 112 cm³/mol. The van der Waals surface area contributed by atoms with Gasteiger partial charge in [0.2, 0.25) is 0 Å². The molecule has 0 saturated heterocycles. The molecule has 150 valence electrons. The number of nitrogens with zero attached hydrogens (tertiary/aromatic N) is 1. The topological polar surface area (TPSA) is 42.0 Å². The van der Waals surface area contributed by atoms with Crippen LogP contribution in [0.25, 0.3) is 21.8 Å². The first-order valence-corrected chi connectivity index (χ1v) is 9.95. The van der Waals surface area contributed by atoms with Gasteiger partial charge in [0.15, 0.2) is 17.5 Å². The molecule has 1 heterocycles. The zero-order valence-corrected chi connectivity index (χ0v) is 16.7. The monoisotopic (exact) mass is 444 g/mol. The number of halogens is 4. The Hall–Kier alpha value is -3.16. The molecular formula is C22H12ClF3N2OS. The van der Waals surface area contributed by atoms with Crippen molar-refractivity contribution in [3.63, 3.8) is 0 Å². The van der Waals surface area contributed by atoms with Crippen molar-refractivity contribution in [1.29, 1.82) is 0 Å². The van der Waals surface area contributed by atoms with Crippen LogP contribution < -0.4 is 5.32 Å². The van der Waals surface area contributed by atoms with Gasteiger partial charge in [-0.3, -0.25) is 4.79 Å². The smallest absolute Gasteiger partial charge is 0.258 e. The van der Waals surface area contributed by atoms with Crippen LogP contribution in [0.4, 0.5) is 18.9 Å². The highest BCUT2D eigenvalue weighted by molar-refractivity contribution is 7.13. The van der Waals surface area contributed by atoms with Crippen molar-refractivity contribution in [3.8, 4) is 21.8 Å². The summed E-state index contributed by atoms with van der Waals surface area (Å²) < 4.78 is 40.1. The molecule has 3 aromatic carbocycles. The highest BCUT2D eigenvalue weighted by Gasteiger charge is 2.19. The van der Waals surface area contributed by atoms with Crippen molar-refractivity contribution >= 4 is 34.5 Å². The second-order valence-corrected chi connectivity index (χ2v) is 7.59. The van der Waals surface area contributed by atoms with Crippen LogP contribution in [-0.4, -0.2) is 10.9 Å². The minimum absolute atomic E-state index is 0.376. The van der Waals surface area contributed by atoms with E-state index in [2.05, 4.69) is 10.3 Å². The summed E-state index contributed by atoms with van der Waals surface area (Å²) in [4.78, 5) is 16.8. The number of carbonyl (C=O) groups is 1. The Kier molecular flexibility index (Phi) is 5.57. The van der Waals surface area contributed by atoms with Gasteiger partial charge in [-0.15, -0.1) is 11.3 Å². The SMILES string of the molecule is O=C(Nc1ccc(-c2csc(-c3ccc(Cl)cc3)n2)cc1)c1ccc(F)c(F)c1F. The quantitative estimate of drug-likeness (QED) is 0.352. The maximum Gasteiger partial charge on any atom is 0.258 e. The molecule has 0 atom stereocenters. The lowest BCUT2D eigenvalue weighted by Crippen LogP contribution is -2.15. The Morgan fingerprint density at radius 2 is 1.53 bits per heavy atom. The fraction of sp³-hybridized carbons (Fsp3) is 0. The fourth-order valence-electron chi connectivity index (χ4n) is 2.76. The van der Waals surface area contributed by atoms with Gasteiger partial charge in [0.25, 0.3) is 5.91 Å². The molecule has 4 aromatic rings. The molecule has 0 spiro atoms. The number of thiazole rings is 1. The minimum atomic E-state index is -1.68. The second-order valence-electron chi connectivity index (χ2n) is 6.30. The maximum absolute atomic E-state index is 13.8. The van der Waals surface area contributed by atoms with E-state index in [1.54, 1.807) is 36.4 Å². The zero-order chi connectivity index (χ0) is 21.3. The van der Waals surface area contributed by atoms with Crippen molar-refractivity contribution < 1.29 is 18.0 Å². The number of hydrogen-bond donors (Lipinski definition) is 1. The molecule has 0 saturated carbocycles. The summed E-state index contributed by atoms with van der Waals surface area (Å²) in [5.74, 6) is -5.44. The molecule has 3 nitrogen and oxygen atoms in total. The van der Waals surface area contributed by atoms with Gasteiger partial charge in [-0.2, -0.15) is 0 Å². The van der Waals surface area contributed by atoms with E-state index in [9.17, 15) is 18.0 Å². The Morgan fingerprint density at radius 3 is 2.23 bits per heavy atom. The maximum atomic E-state index is 13.8. The molecule has 0 aliphatic carbocycles. The molecule has 0 aliphatic heterocycles. The van der Waals surface area contributed by atoms with Gasteiger partial charge in [0.05, 0.1) is 11.3 Å². The number of benzene rings is 3. The van der Waals surface area contributed by atoms with E-state index in [1.165, 1.54) is 11.3 Å². The predicted octanol–water partition coefficient (Wildman–Crippen LogP) is 6.80. The fourth-order valence-corrected chi connectivity index (χ4v) is 3.72. The van der Waals surface area contributed by atoms with Gasteiger partial charge >= 0.3 is 0 Å². The van der Waals surface area contributed by atoms with E-state index < -0.39 is 28.9 Å². The zero-order valence-electron chi connectivity index (χ0n) is 15.1. The Morgan fingerprint density at radius 1 is 0.867 bits per heavy atom. The lowest BCUT2D eigenvalue weighted by molar-refractivity contribution is 0.102. The molecule has 0 bridgehead atoms. The van der Waals surface area contributed by atoms with Crippen LogP contribution in [0.5, 0.6) is 0 Å². The largest absolute Gasteiger partial charge is 0.322 e. The Labute approximate surface area is 178 Å². The van der Waals surface area contributed by atoms with Crippen LogP contribution in [0.15, 0.2) is 66.0 Å². The first kappa shape index (κ1) is 20.1. The van der Waals surface area contributed by atoms with Crippen LogP contribution >= 0.6 is 22.9 Å². The molecule has 1 aromatic heterocycles. The number of aromatic nitrogens is 1. The van der Waals surface area contributed by atoms with Crippen LogP contribution in [-0.2, 0) is 0 Å². The van der Waals surface area contributed by atoms with E-state index in [-0.39, 0.29) is 0 Å². The van der Waals surface area contributed by atoms with Crippen molar-refractivity contribution in [2.24, 2.45) is 0 Å². The van der Waals surface area contributed by atoms with Crippen molar-refractivity contribution in [2.75, 3.05) is 5.32 Å². The van der Waals surface area contributed by atoms with E-state index >= 15 is 0 Å². The molecule has 1 N–H and O–H groups in total. The van der Waals surface area contributed by atoms with Gasteiger partial charge in [0, 0.05) is 27.2 Å². The number of nitrogens with one attached hydrogen (secondary N) is 1. The third-order valence-corrected chi connectivity index (χ3v) is 5.46. The van der Waals surface area contributed by atoms with Crippen molar-refractivity contribution in [2.45, 2.75) is 0 Å². The molecule has 30 heavy (non-hydrogen) atoms. The summed E-state index contributed by atoms with van der Waals surface area (Å²) >= 11 is 7.40. The van der Waals surface area contributed by atoms with Gasteiger partial charge in [0.1, 0.15) is 5.01 Å². The van der Waals surface area contributed by atoms with Crippen molar-refractivity contribution in [3.05, 3.63) is 94.1 Å². The second kappa shape index (κ2) is 8.30. The van der Waals surface area contributed by atoms with Gasteiger partial charge in [-0.05, 0) is 36.4 Å². The Bertz CT molecular complexity index is 1220. The van der Waals surface area contributed by atoms with Crippen molar-refractivity contribution in [1.82, 2.24) is 4.98 Å². The summed E-state index contributed by atoms with van der Waals surface area (Å²) in [6.07, 6.45) is 0. The number of anilines is 1. The molecular weight excluding hydrogens is 433 g/mol. The summed E-state index contributed by atoms with van der Waals surface area (Å²) in [5, 5.41) is 5.86. The standard InChI is InChI=1S/C22H12ClF3N2OS/c23-14-5-1-13(2-6-14)22-28-18(11-30-22)12-3-7-15(8-4-12)27-21(29)16-9-10-17(24)20(26)19(16)25/h1-11H,(H,27,29). The average Bonchev–Trinajstić information content (AvgIpc) is 3.23. The Balaban J connectivity index is 1.50. The highest BCUT2D eigenvalue weighted by Crippen LogP contribution is 2.30. The molecule has 0 aliphatic rings. The number of amides is 1. The first-order chi connectivity index (χ1) is 14.4. The third-order valence-electron chi connectivity index (χ3n) is 4.31. The molecule has 0 fully saturated rings. The normalized spacial score (nSPS) is 10.8. The summed E-state index contributed by atoms with van der Waals surface area (Å²) in [5.41, 5.74) is 2.33. The van der Waals surface area contributed by atoms with Gasteiger partial charge in [-0.1, -0.05) is 35.9 Å². The summed E-state index contributed by atoms with van der Waals surface area (Å²) in [6.45, 7) is 0.